The van der Waals surface area contributed by atoms with Crippen molar-refractivity contribution < 1.29 is 26.1 Å². The van der Waals surface area contributed by atoms with E-state index >= 15 is 0 Å². The first kappa shape index (κ1) is 15.4. The summed E-state index contributed by atoms with van der Waals surface area (Å²) in [5.74, 6) is 3.97. The first-order valence-corrected chi connectivity index (χ1v) is 7.98. The molecule has 0 aromatic rings. The van der Waals surface area contributed by atoms with Crippen molar-refractivity contribution in [3.8, 4) is 11.8 Å². The minimum atomic E-state index is -4.19. The van der Waals surface area contributed by atoms with Crippen molar-refractivity contribution in [1.82, 2.24) is 0 Å². The van der Waals surface area contributed by atoms with Crippen LogP contribution in [0.25, 0.3) is 0 Å². The molecule has 0 heterocycles. The third-order valence-electron chi connectivity index (χ3n) is 1.44. The molecule has 0 aliphatic heterocycles. The van der Waals surface area contributed by atoms with Crippen LogP contribution in [0.4, 0.5) is 0 Å². The van der Waals surface area contributed by atoms with E-state index in [-0.39, 0.29) is 12.4 Å². The highest BCUT2D eigenvalue weighted by Gasteiger charge is 2.15. The Morgan fingerprint density at radius 1 is 1.31 bits per heavy atom. The fourth-order valence-corrected chi connectivity index (χ4v) is 1.79. The van der Waals surface area contributed by atoms with Crippen molar-refractivity contribution in [2.24, 2.45) is 0 Å². The van der Waals surface area contributed by atoms with Crippen molar-refractivity contribution in [3.63, 3.8) is 0 Å². The first-order chi connectivity index (χ1) is 7.14. The quantitative estimate of drug-likeness (QED) is 0.507. The monoisotopic (exact) mass is 270 g/mol. The summed E-state index contributed by atoms with van der Waals surface area (Å²) in [6.45, 7) is 1.32. The summed E-state index contributed by atoms with van der Waals surface area (Å²) in [6, 6.07) is 0. The molecule has 0 bridgehead atoms. The molecular formula is C8H14O6S2. The first-order valence-electron chi connectivity index (χ1n) is 4.31. The molecule has 0 aliphatic carbocycles. The summed E-state index contributed by atoms with van der Waals surface area (Å²) < 4.78 is 56.2. The van der Waals surface area contributed by atoms with Gasteiger partial charge in [0, 0.05) is 6.26 Å². The van der Waals surface area contributed by atoms with Crippen molar-refractivity contribution in [2.45, 2.75) is 13.0 Å². The molecule has 16 heavy (non-hydrogen) atoms. The Kier molecular flexibility index (Phi) is 5.96. The predicted molar refractivity (Wildman–Crippen MR) is 59.3 cm³/mol. The van der Waals surface area contributed by atoms with Gasteiger partial charge in [-0.05, 0) is 6.92 Å². The van der Waals surface area contributed by atoms with Gasteiger partial charge in [-0.3, -0.25) is 4.55 Å². The van der Waals surface area contributed by atoms with E-state index in [9.17, 15) is 16.8 Å². The van der Waals surface area contributed by atoms with Crippen molar-refractivity contribution in [1.29, 1.82) is 0 Å². The van der Waals surface area contributed by atoms with E-state index in [4.69, 9.17) is 9.29 Å². The molecule has 1 N–H and O–H groups in total. The maximum Gasteiger partial charge on any atom is 0.268 e. The molecule has 0 saturated heterocycles. The molecule has 0 rings (SSSR count). The molecule has 0 aromatic heterocycles. The summed E-state index contributed by atoms with van der Waals surface area (Å²) in [5, 5.41) is 0. The van der Waals surface area contributed by atoms with Crippen LogP contribution in [0.2, 0.25) is 0 Å². The molecule has 0 aromatic carbocycles. The molecule has 0 spiro atoms. The van der Waals surface area contributed by atoms with E-state index in [1.165, 1.54) is 6.92 Å². The second kappa shape index (κ2) is 6.20. The predicted octanol–water partition coefficient (Wildman–Crippen LogP) is -0.673. The minimum Gasteiger partial charge on any atom is -0.363 e. The molecular weight excluding hydrogens is 256 g/mol. The second-order valence-corrected chi connectivity index (χ2v) is 6.89. The maximum atomic E-state index is 10.8. The maximum absolute atomic E-state index is 10.8. The average Bonchev–Trinajstić information content (AvgIpc) is 1.98. The molecule has 0 aliphatic rings. The number of sulfone groups is 1. The fourth-order valence-electron chi connectivity index (χ4n) is 0.825. The molecule has 6 nitrogen and oxygen atoms in total. The van der Waals surface area contributed by atoms with Gasteiger partial charge in [-0.25, -0.2) is 8.42 Å². The zero-order valence-corrected chi connectivity index (χ0v) is 10.6. The number of ether oxygens (including phenoxy) is 1. The Morgan fingerprint density at radius 3 is 2.25 bits per heavy atom. The van der Waals surface area contributed by atoms with E-state index in [0.29, 0.717) is 0 Å². The summed E-state index contributed by atoms with van der Waals surface area (Å²) >= 11 is 0. The van der Waals surface area contributed by atoms with Crippen LogP contribution in [-0.2, 0) is 24.7 Å². The Bertz CT molecular complexity index is 464. The molecule has 1 unspecified atom stereocenters. The van der Waals surface area contributed by atoms with Crippen molar-refractivity contribution in [3.05, 3.63) is 0 Å². The van der Waals surface area contributed by atoms with E-state index in [2.05, 4.69) is 11.8 Å². The normalized spacial score (nSPS) is 13.9. The van der Waals surface area contributed by atoms with Crippen molar-refractivity contribution >= 4 is 20.0 Å². The molecule has 0 amide bonds. The highest BCUT2D eigenvalue weighted by molar-refractivity contribution is 7.90. The zero-order valence-electron chi connectivity index (χ0n) is 9.00. The van der Waals surface area contributed by atoms with Gasteiger partial charge in [0.05, 0.1) is 12.4 Å². The summed E-state index contributed by atoms with van der Waals surface area (Å²) in [7, 11) is -7.35. The van der Waals surface area contributed by atoms with Crippen LogP contribution < -0.4 is 0 Å². The Balaban J connectivity index is 4.30. The molecule has 0 fully saturated rings. The van der Waals surface area contributed by atoms with Crippen molar-refractivity contribution in [2.75, 3.05) is 24.4 Å². The molecule has 8 heteroatoms. The van der Waals surface area contributed by atoms with Crippen LogP contribution in [0.5, 0.6) is 0 Å². The van der Waals surface area contributed by atoms with E-state index in [1.807, 2.05) is 0 Å². The highest BCUT2D eigenvalue weighted by Crippen LogP contribution is 1.97. The van der Waals surface area contributed by atoms with Gasteiger partial charge in [0.25, 0.3) is 10.1 Å². The zero-order chi connectivity index (χ0) is 12.8. The third-order valence-corrected chi connectivity index (χ3v) is 3.07. The van der Waals surface area contributed by atoms with E-state index < -0.39 is 31.8 Å². The molecule has 1 atom stereocenters. The van der Waals surface area contributed by atoms with Crippen LogP contribution in [0.15, 0.2) is 0 Å². The van der Waals surface area contributed by atoms with Gasteiger partial charge in [0.1, 0.15) is 21.7 Å². The third kappa shape index (κ3) is 9.92. The van der Waals surface area contributed by atoms with Crippen LogP contribution >= 0.6 is 0 Å². The minimum absolute atomic E-state index is 0.159. The van der Waals surface area contributed by atoms with Crippen LogP contribution in [-0.4, -0.2) is 51.9 Å². The lowest BCUT2D eigenvalue weighted by molar-refractivity contribution is 0.118. The number of rotatable bonds is 6. The van der Waals surface area contributed by atoms with Gasteiger partial charge in [-0.1, -0.05) is 5.92 Å². The Hall–Kier alpha value is -0.620. The lowest BCUT2D eigenvalue weighted by Gasteiger charge is -2.09. The number of hydrogen-bond donors (Lipinski definition) is 1. The molecule has 0 saturated carbocycles. The van der Waals surface area contributed by atoms with Gasteiger partial charge in [0.15, 0.2) is 0 Å². The summed E-state index contributed by atoms with van der Waals surface area (Å²) in [6.07, 6.45) is 0.0291. The van der Waals surface area contributed by atoms with Gasteiger partial charge >= 0.3 is 0 Å². The highest BCUT2D eigenvalue weighted by atomic mass is 32.2. The lowest BCUT2D eigenvalue weighted by atomic mass is 10.4. The topological polar surface area (TPSA) is 97.7 Å². The summed E-state index contributed by atoms with van der Waals surface area (Å²) in [5.41, 5.74) is 0. The fraction of sp³-hybridized carbons (Fsp3) is 0.750. The Labute approximate surface area is 95.7 Å². The van der Waals surface area contributed by atoms with Gasteiger partial charge in [-0.15, -0.1) is 5.92 Å². The second-order valence-electron chi connectivity index (χ2n) is 3.13. The standard InChI is InChI=1S/C8H14O6S2/c1-3-4-8(7-16(11,12)13)14-5-6-15(2,9)10/h8H,5-7H2,1-2H3,(H,11,12,13). The van der Waals surface area contributed by atoms with Gasteiger partial charge in [-0.2, -0.15) is 8.42 Å². The Morgan fingerprint density at radius 2 is 1.88 bits per heavy atom. The molecule has 94 valence electrons. The SMILES string of the molecule is CC#CC(CS(=O)(=O)O)OCCS(C)(=O)=O. The summed E-state index contributed by atoms with van der Waals surface area (Å²) in [4.78, 5) is 0. The van der Waals surface area contributed by atoms with Gasteiger partial charge in [0.2, 0.25) is 0 Å². The van der Waals surface area contributed by atoms with E-state index in [1.54, 1.807) is 0 Å². The van der Waals surface area contributed by atoms with E-state index in [0.717, 1.165) is 6.26 Å². The van der Waals surface area contributed by atoms with Gasteiger partial charge < -0.3 is 4.74 Å². The lowest BCUT2D eigenvalue weighted by Crippen LogP contribution is -2.24. The van der Waals surface area contributed by atoms with Crippen LogP contribution in [0.1, 0.15) is 6.92 Å². The largest absolute Gasteiger partial charge is 0.363 e. The molecule has 0 radical (unpaired) electrons. The smallest absolute Gasteiger partial charge is 0.268 e. The number of hydrogen-bond acceptors (Lipinski definition) is 5. The average molecular weight is 270 g/mol. The van der Waals surface area contributed by atoms with Crippen LogP contribution in [0.3, 0.4) is 0 Å². The van der Waals surface area contributed by atoms with Crippen LogP contribution in [0, 0.1) is 11.8 Å².